The third kappa shape index (κ3) is 4.66. The SMILES string of the molecule is O=C(Cc1csc(N2CCNC2=O)n1)NCc1ccc(OC(F)F)cc1. The van der Waals surface area contributed by atoms with E-state index in [0.717, 1.165) is 5.56 Å². The molecule has 1 aromatic heterocycles. The zero-order chi connectivity index (χ0) is 18.5. The standard InChI is InChI=1S/C16H16F2N4O3S/c17-14(18)25-12-3-1-10(2-4-12)8-20-13(23)7-11-9-26-16(21-11)22-6-5-19-15(22)24/h1-4,9,14H,5-8H2,(H,19,24)(H,20,23). The van der Waals surface area contributed by atoms with Gasteiger partial charge in [0.05, 0.1) is 12.1 Å². The third-order valence-corrected chi connectivity index (χ3v) is 4.52. The van der Waals surface area contributed by atoms with Gasteiger partial charge in [0.25, 0.3) is 0 Å². The molecule has 0 aliphatic carbocycles. The number of nitrogens with one attached hydrogen (secondary N) is 2. The summed E-state index contributed by atoms with van der Waals surface area (Å²) >= 11 is 1.31. The van der Waals surface area contributed by atoms with Gasteiger partial charge in [0.1, 0.15) is 5.75 Å². The lowest BCUT2D eigenvalue weighted by Gasteiger charge is -2.09. The smallest absolute Gasteiger partial charge is 0.387 e. The van der Waals surface area contributed by atoms with Crippen LogP contribution in [0.4, 0.5) is 18.7 Å². The van der Waals surface area contributed by atoms with Crippen LogP contribution in [0.25, 0.3) is 0 Å². The van der Waals surface area contributed by atoms with E-state index in [-0.39, 0.29) is 30.7 Å². The van der Waals surface area contributed by atoms with E-state index in [1.54, 1.807) is 17.5 Å². The van der Waals surface area contributed by atoms with Crippen LogP contribution in [0.15, 0.2) is 29.6 Å². The van der Waals surface area contributed by atoms with Crippen molar-refractivity contribution in [2.24, 2.45) is 0 Å². The van der Waals surface area contributed by atoms with Gasteiger partial charge < -0.3 is 15.4 Å². The van der Waals surface area contributed by atoms with Crippen molar-refractivity contribution in [2.75, 3.05) is 18.0 Å². The molecule has 0 spiro atoms. The predicted molar refractivity (Wildman–Crippen MR) is 91.5 cm³/mol. The Morgan fingerprint density at radius 2 is 2.15 bits per heavy atom. The Balaban J connectivity index is 1.48. The van der Waals surface area contributed by atoms with Crippen molar-refractivity contribution in [3.8, 4) is 5.75 Å². The molecular weight excluding hydrogens is 366 g/mol. The molecule has 10 heteroatoms. The summed E-state index contributed by atoms with van der Waals surface area (Å²) in [5, 5.41) is 7.75. The highest BCUT2D eigenvalue weighted by Crippen LogP contribution is 2.22. The number of thiazole rings is 1. The minimum atomic E-state index is -2.87. The van der Waals surface area contributed by atoms with E-state index >= 15 is 0 Å². The fourth-order valence-corrected chi connectivity index (χ4v) is 3.22. The molecular formula is C16H16F2N4O3S. The maximum atomic E-state index is 12.1. The van der Waals surface area contributed by atoms with E-state index in [1.165, 1.54) is 28.4 Å². The first kappa shape index (κ1) is 18.1. The fourth-order valence-electron chi connectivity index (χ4n) is 2.37. The third-order valence-electron chi connectivity index (χ3n) is 3.61. The molecule has 0 saturated carbocycles. The number of ether oxygens (including phenoxy) is 1. The summed E-state index contributed by atoms with van der Waals surface area (Å²) in [6.45, 7) is -1.46. The van der Waals surface area contributed by atoms with Crippen LogP contribution >= 0.6 is 11.3 Å². The molecule has 138 valence electrons. The molecule has 0 bridgehead atoms. The first-order valence-corrected chi connectivity index (χ1v) is 8.69. The average Bonchev–Trinajstić information content (AvgIpc) is 3.22. The van der Waals surface area contributed by atoms with E-state index in [0.29, 0.717) is 23.9 Å². The van der Waals surface area contributed by atoms with Gasteiger partial charge in [-0.1, -0.05) is 12.1 Å². The topological polar surface area (TPSA) is 83.6 Å². The van der Waals surface area contributed by atoms with Crippen LogP contribution in [0.5, 0.6) is 5.75 Å². The van der Waals surface area contributed by atoms with Crippen molar-refractivity contribution in [1.82, 2.24) is 15.6 Å². The zero-order valence-corrected chi connectivity index (χ0v) is 14.4. The fraction of sp³-hybridized carbons (Fsp3) is 0.312. The number of rotatable bonds is 7. The van der Waals surface area contributed by atoms with Crippen molar-refractivity contribution in [3.63, 3.8) is 0 Å². The highest BCUT2D eigenvalue weighted by molar-refractivity contribution is 7.14. The molecule has 1 aliphatic heterocycles. The van der Waals surface area contributed by atoms with Crippen LogP contribution in [0.2, 0.25) is 0 Å². The van der Waals surface area contributed by atoms with Crippen molar-refractivity contribution in [1.29, 1.82) is 0 Å². The van der Waals surface area contributed by atoms with Crippen molar-refractivity contribution in [2.45, 2.75) is 19.6 Å². The molecule has 1 aliphatic rings. The van der Waals surface area contributed by atoms with Gasteiger partial charge in [-0.25, -0.2) is 9.78 Å². The summed E-state index contributed by atoms with van der Waals surface area (Å²) in [7, 11) is 0. The van der Waals surface area contributed by atoms with Crippen LogP contribution < -0.4 is 20.3 Å². The van der Waals surface area contributed by atoms with Gasteiger partial charge in [-0.15, -0.1) is 11.3 Å². The number of halogens is 2. The summed E-state index contributed by atoms with van der Waals surface area (Å²) in [5.74, 6) is -0.156. The quantitative estimate of drug-likeness (QED) is 0.769. The molecule has 0 unspecified atom stereocenters. The zero-order valence-electron chi connectivity index (χ0n) is 13.6. The summed E-state index contributed by atoms with van der Waals surface area (Å²) in [4.78, 5) is 29.5. The van der Waals surface area contributed by atoms with Gasteiger partial charge in [0.2, 0.25) is 5.91 Å². The molecule has 0 radical (unpaired) electrons. The number of aromatic nitrogens is 1. The van der Waals surface area contributed by atoms with Crippen molar-refractivity contribution >= 4 is 28.4 Å². The van der Waals surface area contributed by atoms with Gasteiger partial charge in [-0.3, -0.25) is 9.69 Å². The molecule has 2 aromatic rings. The highest BCUT2D eigenvalue weighted by atomic mass is 32.1. The van der Waals surface area contributed by atoms with Gasteiger partial charge in [0, 0.05) is 25.0 Å². The Morgan fingerprint density at radius 3 is 2.81 bits per heavy atom. The summed E-state index contributed by atoms with van der Waals surface area (Å²) < 4.78 is 28.5. The van der Waals surface area contributed by atoms with Gasteiger partial charge in [-0.2, -0.15) is 8.78 Å². The Kier molecular flexibility index (Phi) is 5.61. The second-order valence-electron chi connectivity index (χ2n) is 5.48. The van der Waals surface area contributed by atoms with Crippen LogP contribution in [-0.4, -0.2) is 36.6 Å². The van der Waals surface area contributed by atoms with Gasteiger partial charge >= 0.3 is 12.6 Å². The van der Waals surface area contributed by atoms with E-state index < -0.39 is 6.61 Å². The maximum absolute atomic E-state index is 12.1. The Bertz CT molecular complexity index is 782. The predicted octanol–water partition coefficient (Wildman–Crippen LogP) is 2.13. The number of anilines is 1. The number of carbonyl (C=O) groups excluding carboxylic acids is 2. The van der Waals surface area contributed by atoms with E-state index in [9.17, 15) is 18.4 Å². The number of nitrogens with zero attached hydrogens (tertiary/aromatic N) is 2. The number of amides is 3. The number of benzene rings is 1. The summed E-state index contributed by atoms with van der Waals surface area (Å²) in [6, 6.07) is 5.85. The molecule has 7 nitrogen and oxygen atoms in total. The van der Waals surface area contributed by atoms with Crippen molar-refractivity contribution < 1.29 is 23.1 Å². The van der Waals surface area contributed by atoms with Gasteiger partial charge in [0.15, 0.2) is 5.13 Å². The van der Waals surface area contributed by atoms with Crippen LogP contribution in [0, 0.1) is 0 Å². The maximum Gasteiger partial charge on any atom is 0.387 e. The summed E-state index contributed by atoms with van der Waals surface area (Å²) in [5.41, 5.74) is 1.34. The van der Waals surface area contributed by atoms with Gasteiger partial charge in [-0.05, 0) is 17.7 Å². The lowest BCUT2D eigenvalue weighted by atomic mass is 10.2. The first-order chi connectivity index (χ1) is 12.5. The Hall–Kier alpha value is -2.75. The molecule has 3 amide bonds. The van der Waals surface area contributed by atoms with Crippen LogP contribution in [0.1, 0.15) is 11.3 Å². The normalized spacial score (nSPS) is 13.8. The molecule has 1 aromatic carbocycles. The summed E-state index contributed by atoms with van der Waals surface area (Å²) in [6.07, 6.45) is 0.0958. The van der Waals surface area contributed by atoms with Crippen LogP contribution in [0.3, 0.4) is 0 Å². The number of carbonyl (C=O) groups is 2. The monoisotopic (exact) mass is 382 g/mol. The molecule has 3 rings (SSSR count). The molecule has 0 atom stereocenters. The second-order valence-corrected chi connectivity index (χ2v) is 6.32. The Labute approximate surface area is 152 Å². The average molecular weight is 382 g/mol. The second kappa shape index (κ2) is 8.09. The first-order valence-electron chi connectivity index (χ1n) is 7.81. The molecule has 26 heavy (non-hydrogen) atoms. The van der Waals surface area contributed by atoms with E-state index in [1.807, 2.05) is 0 Å². The number of hydrogen-bond acceptors (Lipinski definition) is 5. The lowest BCUT2D eigenvalue weighted by molar-refractivity contribution is -0.120. The molecule has 2 heterocycles. The molecule has 1 fully saturated rings. The Morgan fingerprint density at radius 1 is 1.38 bits per heavy atom. The highest BCUT2D eigenvalue weighted by Gasteiger charge is 2.24. The lowest BCUT2D eigenvalue weighted by Crippen LogP contribution is -2.27. The van der Waals surface area contributed by atoms with E-state index in [4.69, 9.17) is 0 Å². The van der Waals surface area contributed by atoms with Crippen LogP contribution in [-0.2, 0) is 17.8 Å². The minimum Gasteiger partial charge on any atom is -0.435 e. The number of alkyl halides is 2. The van der Waals surface area contributed by atoms with Crippen molar-refractivity contribution in [3.05, 3.63) is 40.9 Å². The molecule has 1 saturated heterocycles. The number of urea groups is 1. The number of hydrogen-bond donors (Lipinski definition) is 2. The molecule has 2 N–H and O–H groups in total. The minimum absolute atomic E-state index is 0.0658. The largest absolute Gasteiger partial charge is 0.435 e. The van der Waals surface area contributed by atoms with E-state index in [2.05, 4.69) is 20.4 Å².